The van der Waals surface area contributed by atoms with Gasteiger partial charge in [-0.05, 0) is 0 Å². The summed E-state index contributed by atoms with van der Waals surface area (Å²) in [7, 11) is 0. The Kier molecular flexibility index (Phi) is 308. The third-order valence-corrected chi connectivity index (χ3v) is 0. The van der Waals surface area contributed by atoms with Crippen LogP contribution < -0.4 is 0 Å². The minimum atomic E-state index is 0. The van der Waals surface area contributed by atoms with E-state index in [0.29, 0.717) is 0 Å². The largest absolute Gasteiger partial charge is 0.412 e. The third kappa shape index (κ3) is 9.75. The fraction of sp³-hybridized carbons (Fsp3) is 0. The van der Waals surface area contributed by atoms with E-state index in [0.717, 1.165) is 0 Å². The monoisotopic (exact) mass is 101 g/mol. The molecule has 0 saturated heterocycles. The molecule has 0 aliphatic rings. The maximum absolute atomic E-state index is 0. The van der Waals surface area contributed by atoms with Crippen molar-refractivity contribution in [3.63, 3.8) is 0 Å². The first-order chi connectivity index (χ1) is 0. The second kappa shape index (κ2) is 24.7. The number of hydrogen-bond donors (Lipinski definition) is 0. The first-order valence-electron chi connectivity index (χ1n) is 0. The summed E-state index contributed by atoms with van der Waals surface area (Å²) in [6.07, 6.45) is 0. The molecule has 4 heteroatoms. The van der Waals surface area contributed by atoms with Gasteiger partial charge >= 0.3 is 0 Å². The summed E-state index contributed by atoms with van der Waals surface area (Å²) < 4.78 is 0. The predicted molar refractivity (Wildman–Crippen MR) is 15.1 cm³/mol. The van der Waals surface area contributed by atoms with Crippen molar-refractivity contribution in [2.45, 2.75) is 0 Å². The van der Waals surface area contributed by atoms with Crippen LogP contribution in [0.15, 0.2) is 0 Å². The molecule has 4 heavy (non-hydrogen) atoms. The van der Waals surface area contributed by atoms with Crippen molar-refractivity contribution in [2.75, 3.05) is 0 Å². The quantitative estimate of drug-likeness (QED) is 0.329. The molecule has 0 bridgehead atoms. The molecule has 0 atom stereocenters. The van der Waals surface area contributed by atoms with E-state index >= 15 is 0 Å². The summed E-state index contributed by atoms with van der Waals surface area (Å²) in [4.78, 5) is 0. The van der Waals surface area contributed by atoms with Crippen LogP contribution in [-0.4, -0.2) is 35.3 Å². The molecule has 5 radical (unpaired) electrons. The van der Waals surface area contributed by atoms with Gasteiger partial charge in [0.2, 0.25) is 0 Å². The van der Waals surface area contributed by atoms with Crippen LogP contribution in [0.4, 0.5) is 0 Å². The van der Waals surface area contributed by atoms with Crippen molar-refractivity contribution < 1.29 is 27.2 Å². The van der Waals surface area contributed by atoms with Gasteiger partial charge in [-0.2, -0.15) is 0 Å². The zero-order valence-corrected chi connectivity index (χ0v) is 5.06. The summed E-state index contributed by atoms with van der Waals surface area (Å²) in [5.74, 6) is 0. The van der Waals surface area contributed by atoms with Crippen molar-refractivity contribution in [3.8, 4) is 0 Å². The van der Waals surface area contributed by atoms with Gasteiger partial charge in [0.1, 0.15) is 0 Å². The van der Waals surface area contributed by atoms with Crippen molar-refractivity contribution in [1.29, 1.82) is 0 Å². The second-order valence-electron chi connectivity index (χ2n) is 0. The Labute approximate surface area is 56.9 Å². The molecule has 2 N–H and O–H groups in total. The summed E-state index contributed by atoms with van der Waals surface area (Å²) >= 11 is 0. The SMILES string of the molecule is O.[Li].[Si].[Ti]. The Bertz CT molecular complexity index is 8.00. The number of hydrogen-bond acceptors (Lipinski definition) is 0. The minimum Gasteiger partial charge on any atom is -0.412 e. The molecule has 1 nitrogen and oxygen atoms in total. The summed E-state index contributed by atoms with van der Waals surface area (Å²) in [5, 5.41) is 0. The predicted octanol–water partition coefficient (Wildman–Crippen LogP) is -1.59. The van der Waals surface area contributed by atoms with Gasteiger partial charge in [-0.3, -0.25) is 0 Å². The smallest absolute Gasteiger partial charge is 0 e. The Morgan fingerprint density at radius 1 is 1.00 bits per heavy atom. The third-order valence-electron chi connectivity index (χ3n) is 0. The Hall–Kier alpha value is 1.49. The first kappa shape index (κ1) is 49.9. The van der Waals surface area contributed by atoms with E-state index in [4.69, 9.17) is 0 Å². The van der Waals surface area contributed by atoms with Gasteiger partial charge in [-0.15, -0.1) is 0 Å². The van der Waals surface area contributed by atoms with Gasteiger partial charge in [-0.25, -0.2) is 0 Å². The summed E-state index contributed by atoms with van der Waals surface area (Å²) in [6.45, 7) is 0. The van der Waals surface area contributed by atoms with Crippen molar-refractivity contribution in [1.82, 2.24) is 0 Å². The van der Waals surface area contributed by atoms with Crippen LogP contribution in [0.1, 0.15) is 0 Å². The van der Waals surface area contributed by atoms with Crippen LogP contribution in [0.5, 0.6) is 0 Å². The maximum atomic E-state index is 0. The van der Waals surface area contributed by atoms with Crippen molar-refractivity contribution >= 4 is 29.8 Å². The molecule has 0 aliphatic carbocycles. The van der Waals surface area contributed by atoms with Gasteiger partial charge in [0.05, 0.1) is 0 Å². The van der Waals surface area contributed by atoms with E-state index in [9.17, 15) is 0 Å². The average molecular weight is 101 g/mol. The van der Waals surface area contributed by atoms with E-state index in [1.54, 1.807) is 0 Å². The van der Waals surface area contributed by atoms with Crippen LogP contribution in [-0.2, 0) is 21.7 Å². The van der Waals surface area contributed by atoms with E-state index in [-0.39, 0.29) is 57.0 Å². The number of rotatable bonds is 0. The van der Waals surface area contributed by atoms with Crippen LogP contribution in [0.25, 0.3) is 0 Å². The van der Waals surface area contributed by atoms with Crippen molar-refractivity contribution in [3.05, 3.63) is 0 Å². The molecule has 0 fully saturated rings. The molecule has 0 aliphatic heterocycles. The van der Waals surface area contributed by atoms with E-state index in [1.807, 2.05) is 0 Å². The molecule has 0 unspecified atom stereocenters. The molecule has 0 aromatic rings. The normalized spacial score (nSPS) is 0. The molecule has 0 spiro atoms. The summed E-state index contributed by atoms with van der Waals surface area (Å²) in [5.41, 5.74) is 0. The molecular weight excluding hydrogens is 98.9 g/mol. The standard InChI is InChI=1S/Li.H2O.Si.Ti/h;1H2;;. The fourth-order valence-electron chi connectivity index (χ4n) is 0. The summed E-state index contributed by atoms with van der Waals surface area (Å²) in [6, 6.07) is 0. The van der Waals surface area contributed by atoms with Crippen LogP contribution in [0, 0.1) is 0 Å². The molecular formula is H2LiOSiTi. The Morgan fingerprint density at radius 2 is 1.00 bits per heavy atom. The molecule has 0 amide bonds. The Balaban J connectivity index is 0. The molecule has 17 valence electrons. The van der Waals surface area contributed by atoms with E-state index in [2.05, 4.69) is 0 Å². The molecule has 0 heterocycles. The topological polar surface area (TPSA) is 31.5 Å². The van der Waals surface area contributed by atoms with Crippen LogP contribution >= 0.6 is 0 Å². The average Bonchev–Trinajstić information content (AvgIpc) is 0. The second-order valence-corrected chi connectivity index (χ2v) is 0. The van der Waals surface area contributed by atoms with Gasteiger partial charge < -0.3 is 5.48 Å². The van der Waals surface area contributed by atoms with Crippen molar-refractivity contribution in [2.24, 2.45) is 0 Å². The van der Waals surface area contributed by atoms with Gasteiger partial charge in [0.15, 0.2) is 0 Å². The molecule has 0 aromatic heterocycles. The fourth-order valence-corrected chi connectivity index (χ4v) is 0. The van der Waals surface area contributed by atoms with Gasteiger partial charge in [0, 0.05) is 51.5 Å². The van der Waals surface area contributed by atoms with Crippen LogP contribution in [0.2, 0.25) is 0 Å². The van der Waals surface area contributed by atoms with Gasteiger partial charge in [-0.1, -0.05) is 0 Å². The van der Waals surface area contributed by atoms with E-state index in [1.165, 1.54) is 0 Å². The van der Waals surface area contributed by atoms with Crippen LogP contribution in [0.3, 0.4) is 0 Å². The Morgan fingerprint density at radius 3 is 1.00 bits per heavy atom. The maximum Gasteiger partial charge on any atom is 0 e. The zero-order chi connectivity index (χ0) is 0. The molecule has 0 saturated carbocycles. The zero-order valence-electron chi connectivity index (χ0n) is 2.50. The van der Waals surface area contributed by atoms with E-state index < -0.39 is 0 Å². The molecule has 0 rings (SSSR count). The van der Waals surface area contributed by atoms with Gasteiger partial charge in [0.25, 0.3) is 0 Å². The first-order valence-corrected chi connectivity index (χ1v) is 0. The molecule has 0 aromatic carbocycles. The minimum absolute atomic E-state index is 0.